The number of imidazole rings is 1. The van der Waals surface area contributed by atoms with E-state index in [2.05, 4.69) is 27.8 Å². The highest BCUT2D eigenvalue weighted by Gasteiger charge is 2.11. The molecule has 2 atom stereocenters. The second kappa shape index (κ2) is 5.50. The molecule has 0 saturated heterocycles. The second-order valence-corrected chi connectivity index (χ2v) is 7.59. The molecule has 100 valence electrons. The Balaban J connectivity index is 2.07. The molecule has 0 aromatic carbocycles. The van der Waals surface area contributed by atoms with Gasteiger partial charge in [0.05, 0.1) is 11.4 Å². The van der Waals surface area contributed by atoms with E-state index in [0.29, 0.717) is 0 Å². The van der Waals surface area contributed by atoms with E-state index in [1.54, 1.807) is 17.6 Å². The van der Waals surface area contributed by atoms with Crippen LogP contribution in [-0.4, -0.2) is 31.6 Å². The smallest absolute Gasteiger partial charge is 0.194 e. The average molecular weight is 285 g/mol. The molecule has 0 saturated carbocycles. The molecular formula is C12H19N3OS2. The maximum absolute atomic E-state index is 11.3. The summed E-state index contributed by atoms with van der Waals surface area (Å²) in [7, 11) is -0.770. The van der Waals surface area contributed by atoms with Crippen LogP contribution in [0.2, 0.25) is 0 Å². The van der Waals surface area contributed by atoms with Crippen molar-refractivity contribution in [3.05, 3.63) is 22.5 Å². The lowest BCUT2D eigenvalue weighted by atomic mass is 10.3. The summed E-state index contributed by atoms with van der Waals surface area (Å²) in [6.45, 7) is 7.65. The van der Waals surface area contributed by atoms with Gasteiger partial charge in [0.15, 0.2) is 4.96 Å². The largest absolute Gasteiger partial charge is 0.310 e. The lowest BCUT2D eigenvalue weighted by Gasteiger charge is -2.09. The third-order valence-corrected chi connectivity index (χ3v) is 5.23. The van der Waals surface area contributed by atoms with Gasteiger partial charge in [-0.3, -0.25) is 8.61 Å². The van der Waals surface area contributed by atoms with Crippen molar-refractivity contribution in [1.82, 2.24) is 14.7 Å². The molecule has 2 aromatic heterocycles. The first-order valence-corrected chi connectivity index (χ1v) is 8.39. The third kappa shape index (κ3) is 2.81. The molecule has 2 aromatic rings. The first kappa shape index (κ1) is 13.7. The first-order chi connectivity index (χ1) is 8.49. The van der Waals surface area contributed by atoms with Crippen LogP contribution in [0.15, 0.2) is 6.20 Å². The van der Waals surface area contributed by atoms with E-state index in [1.807, 2.05) is 13.8 Å². The molecule has 0 bridgehead atoms. The van der Waals surface area contributed by atoms with E-state index in [-0.39, 0.29) is 5.25 Å². The topological polar surface area (TPSA) is 46.4 Å². The van der Waals surface area contributed by atoms with Gasteiger partial charge in [-0.15, -0.1) is 11.3 Å². The van der Waals surface area contributed by atoms with Crippen LogP contribution in [0, 0.1) is 13.8 Å². The van der Waals surface area contributed by atoms with E-state index in [4.69, 9.17) is 0 Å². The Labute approximate surface area is 114 Å². The van der Waals surface area contributed by atoms with Crippen LogP contribution in [0.5, 0.6) is 0 Å². The van der Waals surface area contributed by atoms with Crippen molar-refractivity contribution in [2.45, 2.75) is 32.6 Å². The Bertz CT molecular complexity index is 573. The molecular weight excluding hydrogens is 266 g/mol. The number of hydrogen-bond acceptors (Lipinski definition) is 4. The van der Waals surface area contributed by atoms with E-state index in [1.165, 1.54) is 10.6 Å². The minimum atomic E-state index is -0.770. The lowest BCUT2D eigenvalue weighted by molar-refractivity contribution is 0.639. The summed E-state index contributed by atoms with van der Waals surface area (Å²) in [5, 5.41) is 3.54. The van der Waals surface area contributed by atoms with Gasteiger partial charge in [0, 0.05) is 46.5 Å². The summed E-state index contributed by atoms with van der Waals surface area (Å²) in [6, 6.07) is 0. The van der Waals surface area contributed by atoms with Crippen molar-refractivity contribution in [3.8, 4) is 0 Å². The van der Waals surface area contributed by atoms with E-state index < -0.39 is 10.8 Å². The number of thiazole rings is 1. The SMILES string of the molecule is Cc1cn2c(CNCC(C)S(C)=O)c(C)nc2s1. The fraction of sp³-hybridized carbons (Fsp3) is 0.583. The van der Waals surface area contributed by atoms with Crippen molar-refractivity contribution in [2.75, 3.05) is 12.8 Å². The highest BCUT2D eigenvalue weighted by Crippen LogP contribution is 2.20. The summed E-state index contributed by atoms with van der Waals surface area (Å²) in [5.74, 6) is 0. The van der Waals surface area contributed by atoms with Gasteiger partial charge < -0.3 is 5.32 Å². The molecule has 6 heteroatoms. The van der Waals surface area contributed by atoms with Crippen LogP contribution in [-0.2, 0) is 17.3 Å². The van der Waals surface area contributed by atoms with Crippen molar-refractivity contribution < 1.29 is 4.21 Å². The summed E-state index contributed by atoms with van der Waals surface area (Å²) < 4.78 is 13.4. The van der Waals surface area contributed by atoms with Gasteiger partial charge in [-0.1, -0.05) is 0 Å². The molecule has 0 radical (unpaired) electrons. The van der Waals surface area contributed by atoms with Gasteiger partial charge in [0.1, 0.15) is 0 Å². The molecule has 0 spiro atoms. The predicted molar refractivity (Wildman–Crippen MR) is 77.8 cm³/mol. The Hall–Kier alpha value is -0.720. The zero-order valence-electron chi connectivity index (χ0n) is 11.2. The molecule has 0 aliphatic heterocycles. The quantitative estimate of drug-likeness (QED) is 0.912. The molecule has 0 amide bonds. The van der Waals surface area contributed by atoms with Gasteiger partial charge in [-0.05, 0) is 20.8 Å². The maximum Gasteiger partial charge on any atom is 0.194 e. The number of hydrogen-bond donors (Lipinski definition) is 1. The van der Waals surface area contributed by atoms with Gasteiger partial charge in [-0.2, -0.15) is 0 Å². The maximum atomic E-state index is 11.3. The summed E-state index contributed by atoms with van der Waals surface area (Å²) in [5.41, 5.74) is 2.27. The van der Waals surface area contributed by atoms with Crippen molar-refractivity contribution in [1.29, 1.82) is 0 Å². The minimum absolute atomic E-state index is 0.179. The highest BCUT2D eigenvalue weighted by molar-refractivity contribution is 7.84. The van der Waals surface area contributed by atoms with Crippen LogP contribution in [0.3, 0.4) is 0 Å². The molecule has 18 heavy (non-hydrogen) atoms. The number of aryl methyl sites for hydroxylation is 2. The average Bonchev–Trinajstić information content (AvgIpc) is 2.76. The normalized spacial score (nSPS) is 15.1. The Morgan fingerprint density at radius 3 is 2.94 bits per heavy atom. The van der Waals surface area contributed by atoms with Crippen LogP contribution >= 0.6 is 11.3 Å². The first-order valence-electron chi connectivity index (χ1n) is 5.96. The van der Waals surface area contributed by atoms with Crippen LogP contribution in [0.1, 0.15) is 23.2 Å². The van der Waals surface area contributed by atoms with Crippen LogP contribution in [0.25, 0.3) is 4.96 Å². The zero-order chi connectivity index (χ0) is 13.3. The highest BCUT2D eigenvalue weighted by atomic mass is 32.2. The van der Waals surface area contributed by atoms with Crippen molar-refractivity contribution in [3.63, 3.8) is 0 Å². The predicted octanol–water partition coefficient (Wildman–Crippen LogP) is 1.87. The molecule has 0 aliphatic carbocycles. The zero-order valence-corrected chi connectivity index (χ0v) is 12.8. The summed E-state index contributed by atoms with van der Waals surface area (Å²) in [6.07, 6.45) is 3.87. The Morgan fingerprint density at radius 1 is 1.56 bits per heavy atom. The molecule has 0 fully saturated rings. The number of fused-ring (bicyclic) bond motifs is 1. The Kier molecular flexibility index (Phi) is 4.19. The molecule has 2 unspecified atom stereocenters. The van der Waals surface area contributed by atoms with E-state index in [9.17, 15) is 4.21 Å². The van der Waals surface area contributed by atoms with Gasteiger partial charge in [0.25, 0.3) is 0 Å². The molecule has 1 N–H and O–H groups in total. The third-order valence-electron chi connectivity index (χ3n) is 3.03. The van der Waals surface area contributed by atoms with Crippen molar-refractivity contribution in [2.24, 2.45) is 0 Å². The summed E-state index contributed by atoms with van der Waals surface area (Å²) in [4.78, 5) is 6.86. The lowest BCUT2D eigenvalue weighted by Crippen LogP contribution is -2.27. The summed E-state index contributed by atoms with van der Waals surface area (Å²) >= 11 is 1.71. The molecule has 0 aliphatic rings. The fourth-order valence-electron chi connectivity index (χ4n) is 1.83. The number of nitrogens with zero attached hydrogens (tertiary/aromatic N) is 2. The number of aromatic nitrogens is 2. The fourth-order valence-corrected chi connectivity index (χ4v) is 3.08. The van der Waals surface area contributed by atoms with Gasteiger partial charge >= 0.3 is 0 Å². The molecule has 2 rings (SSSR count). The van der Waals surface area contributed by atoms with Gasteiger partial charge in [-0.25, -0.2) is 4.98 Å². The minimum Gasteiger partial charge on any atom is -0.310 e. The number of rotatable bonds is 5. The van der Waals surface area contributed by atoms with E-state index in [0.717, 1.165) is 23.7 Å². The van der Waals surface area contributed by atoms with Crippen LogP contribution in [0.4, 0.5) is 0 Å². The second-order valence-electron chi connectivity index (χ2n) is 4.58. The Morgan fingerprint density at radius 2 is 2.28 bits per heavy atom. The number of nitrogens with one attached hydrogen (secondary N) is 1. The van der Waals surface area contributed by atoms with Crippen LogP contribution < -0.4 is 5.32 Å². The van der Waals surface area contributed by atoms with Gasteiger partial charge in [0.2, 0.25) is 0 Å². The standard InChI is InChI=1S/C12H19N3OS2/c1-8-7-15-11(10(3)14-12(15)17-8)6-13-5-9(2)18(4)16/h7,9,13H,5-6H2,1-4H3. The monoisotopic (exact) mass is 285 g/mol. The van der Waals surface area contributed by atoms with E-state index >= 15 is 0 Å². The molecule has 4 nitrogen and oxygen atoms in total. The molecule has 2 heterocycles. The van der Waals surface area contributed by atoms with Crippen molar-refractivity contribution >= 4 is 27.1 Å².